The van der Waals surface area contributed by atoms with Gasteiger partial charge in [-0.05, 0) is 38.6 Å². The summed E-state index contributed by atoms with van der Waals surface area (Å²) in [5.74, 6) is 0.0273. The van der Waals surface area contributed by atoms with E-state index in [2.05, 4.69) is 10.1 Å². The molecule has 0 aromatic carbocycles. The van der Waals surface area contributed by atoms with Crippen molar-refractivity contribution in [2.45, 2.75) is 45.8 Å². The van der Waals surface area contributed by atoms with E-state index >= 15 is 0 Å². The molecule has 1 rings (SSSR count). The van der Waals surface area contributed by atoms with Gasteiger partial charge >= 0.3 is 12.1 Å². The first kappa shape index (κ1) is 18.3. The number of hydrogen-bond donors (Lipinski definition) is 1. The third kappa shape index (κ3) is 5.93. The van der Waals surface area contributed by atoms with Crippen molar-refractivity contribution in [3.8, 4) is 5.75 Å². The Morgan fingerprint density at radius 1 is 1.36 bits per heavy atom. The summed E-state index contributed by atoms with van der Waals surface area (Å²) >= 11 is 1.25. The second-order valence-electron chi connectivity index (χ2n) is 5.67. The molecule has 1 aromatic rings. The quantitative estimate of drug-likeness (QED) is 0.811. The molecule has 1 unspecified atom stereocenters. The minimum atomic E-state index is -0.547. The van der Waals surface area contributed by atoms with Crippen LogP contribution in [-0.2, 0) is 9.47 Å². The van der Waals surface area contributed by atoms with Crippen molar-refractivity contribution in [1.82, 2.24) is 5.32 Å². The average molecular weight is 329 g/mol. The van der Waals surface area contributed by atoms with Crippen LogP contribution < -0.4 is 10.1 Å². The zero-order valence-corrected chi connectivity index (χ0v) is 14.4. The molecule has 22 heavy (non-hydrogen) atoms. The molecule has 1 atom stereocenters. The van der Waals surface area contributed by atoms with Gasteiger partial charge in [0.25, 0.3) is 0 Å². The fraction of sp³-hybridized carbons (Fsp3) is 0.600. The van der Waals surface area contributed by atoms with Crippen molar-refractivity contribution in [2.75, 3.05) is 13.7 Å². The molecule has 0 aliphatic heterocycles. The van der Waals surface area contributed by atoms with Gasteiger partial charge in [0.2, 0.25) is 0 Å². The number of ether oxygens (including phenoxy) is 3. The van der Waals surface area contributed by atoms with Crippen LogP contribution in [0.25, 0.3) is 0 Å². The average Bonchev–Trinajstić information content (AvgIpc) is 2.88. The van der Waals surface area contributed by atoms with E-state index in [1.54, 1.807) is 32.2 Å². The lowest BCUT2D eigenvalue weighted by atomic mass is 10.2. The Morgan fingerprint density at radius 2 is 2.05 bits per heavy atom. The Hall–Kier alpha value is -1.76. The summed E-state index contributed by atoms with van der Waals surface area (Å²) in [5.41, 5.74) is -0.547. The molecule has 0 aliphatic rings. The van der Waals surface area contributed by atoms with Crippen molar-refractivity contribution >= 4 is 23.4 Å². The molecular weight excluding hydrogens is 306 g/mol. The maximum atomic E-state index is 11.7. The highest BCUT2D eigenvalue weighted by molar-refractivity contribution is 7.12. The van der Waals surface area contributed by atoms with Crippen LogP contribution in [0.1, 0.15) is 43.8 Å². The van der Waals surface area contributed by atoms with E-state index in [-0.39, 0.29) is 12.6 Å². The van der Waals surface area contributed by atoms with E-state index in [1.165, 1.54) is 18.4 Å². The van der Waals surface area contributed by atoms with Crippen molar-refractivity contribution in [1.29, 1.82) is 0 Å². The van der Waals surface area contributed by atoms with Gasteiger partial charge in [0.1, 0.15) is 18.0 Å². The lowest BCUT2D eigenvalue weighted by molar-refractivity contribution is 0.0482. The van der Waals surface area contributed by atoms with Gasteiger partial charge in [0.05, 0.1) is 13.2 Å². The summed E-state index contributed by atoms with van der Waals surface area (Å²) < 4.78 is 15.5. The van der Waals surface area contributed by atoms with Gasteiger partial charge in [-0.2, -0.15) is 0 Å². The summed E-state index contributed by atoms with van der Waals surface area (Å²) in [6, 6.07) is 1.50. The van der Waals surface area contributed by atoms with Crippen LogP contribution in [0.15, 0.2) is 11.4 Å². The molecule has 7 heteroatoms. The highest BCUT2D eigenvalue weighted by Crippen LogP contribution is 2.25. The smallest absolute Gasteiger partial charge is 0.407 e. The van der Waals surface area contributed by atoms with Gasteiger partial charge in [-0.3, -0.25) is 0 Å². The Bertz CT molecular complexity index is 506. The number of nitrogens with one attached hydrogen (secondary N) is 1. The molecule has 0 aliphatic carbocycles. The summed E-state index contributed by atoms with van der Waals surface area (Å²) in [6.07, 6.45) is 0.193. The topological polar surface area (TPSA) is 73.9 Å². The van der Waals surface area contributed by atoms with Gasteiger partial charge in [0.15, 0.2) is 4.88 Å². The van der Waals surface area contributed by atoms with E-state index in [0.717, 1.165) is 0 Å². The van der Waals surface area contributed by atoms with Crippen LogP contribution in [-0.4, -0.2) is 37.4 Å². The Kier molecular flexibility index (Phi) is 6.67. The molecule has 0 fully saturated rings. The minimum Gasteiger partial charge on any atom is -0.490 e. The molecule has 124 valence electrons. The van der Waals surface area contributed by atoms with Gasteiger partial charge in [-0.1, -0.05) is 6.92 Å². The third-order valence-electron chi connectivity index (χ3n) is 2.65. The molecule has 1 N–H and O–H groups in total. The first-order chi connectivity index (χ1) is 10.3. The summed E-state index contributed by atoms with van der Waals surface area (Å²) in [7, 11) is 1.32. The minimum absolute atomic E-state index is 0.208. The molecule has 0 saturated carbocycles. The molecule has 0 bridgehead atoms. The lowest BCUT2D eigenvalue weighted by Crippen LogP contribution is -2.41. The molecule has 1 aromatic heterocycles. The van der Waals surface area contributed by atoms with E-state index in [0.29, 0.717) is 17.0 Å². The number of esters is 1. The Balaban J connectivity index is 2.56. The van der Waals surface area contributed by atoms with Crippen molar-refractivity contribution < 1.29 is 23.8 Å². The number of methoxy groups -OCH3 is 1. The number of rotatable bonds is 6. The zero-order chi connectivity index (χ0) is 16.8. The highest BCUT2D eigenvalue weighted by atomic mass is 32.1. The van der Waals surface area contributed by atoms with Crippen molar-refractivity contribution in [2.24, 2.45) is 0 Å². The lowest BCUT2D eigenvalue weighted by Gasteiger charge is -2.23. The van der Waals surface area contributed by atoms with Crippen LogP contribution in [0.2, 0.25) is 0 Å². The molecule has 0 radical (unpaired) electrons. The number of thiophene rings is 1. The molecule has 1 heterocycles. The van der Waals surface area contributed by atoms with E-state index < -0.39 is 17.7 Å². The van der Waals surface area contributed by atoms with Crippen LogP contribution in [0.4, 0.5) is 4.79 Å². The normalized spacial score (nSPS) is 12.4. The van der Waals surface area contributed by atoms with Crippen LogP contribution in [0.3, 0.4) is 0 Å². The molecule has 6 nitrogen and oxygen atoms in total. The van der Waals surface area contributed by atoms with Gasteiger partial charge in [-0.25, -0.2) is 9.59 Å². The zero-order valence-electron chi connectivity index (χ0n) is 13.6. The number of carbonyl (C=O) groups is 2. The van der Waals surface area contributed by atoms with Gasteiger partial charge < -0.3 is 19.5 Å². The fourth-order valence-electron chi connectivity index (χ4n) is 1.58. The van der Waals surface area contributed by atoms with Crippen molar-refractivity contribution in [3.63, 3.8) is 0 Å². The largest absolute Gasteiger partial charge is 0.490 e. The number of carbonyl (C=O) groups excluding carboxylic acids is 2. The fourth-order valence-corrected chi connectivity index (χ4v) is 2.33. The third-order valence-corrected chi connectivity index (χ3v) is 3.53. The second-order valence-corrected chi connectivity index (χ2v) is 6.58. The molecule has 0 saturated heterocycles. The maximum Gasteiger partial charge on any atom is 0.407 e. The van der Waals surface area contributed by atoms with Crippen LogP contribution in [0.5, 0.6) is 5.75 Å². The van der Waals surface area contributed by atoms with E-state index in [9.17, 15) is 9.59 Å². The molecule has 1 amide bonds. The number of alkyl carbamates (subject to hydrolysis) is 1. The highest BCUT2D eigenvalue weighted by Gasteiger charge is 2.20. The first-order valence-electron chi connectivity index (χ1n) is 7.05. The Morgan fingerprint density at radius 3 is 2.59 bits per heavy atom. The maximum absolute atomic E-state index is 11.7. The van der Waals surface area contributed by atoms with Gasteiger partial charge in [-0.15, -0.1) is 11.3 Å². The van der Waals surface area contributed by atoms with Crippen LogP contribution >= 0.6 is 11.3 Å². The summed E-state index contributed by atoms with van der Waals surface area (Å²) in [6.45, 7) is 7.59. The predicted octanol–water partition coefficient (Wildman–Crippen LogP) is 3.22. The second kappa shape index (κ2) is 8.03. The summed E-state index contributed by atoms with van der Waals surface area (Å²) in [4.78, 5) is 23.7. The summed E-state index contributed by atoms with van der Waals surface area (Å²) in [5, 5.41) is 4.50. The standard InChI is InChI=1S/C15H23NO5S/c1-6-10(16-14(18)21-15(2,3)4)9-20-11-7-8-22-12(11)13(17)19-5/h7-8,10H,6,9H2,1-5H3,(H,16,18). The number of hydrogen-bond acceptors (Lipinski definition) is 6. The molecular formula is C15H23NO5S. The van der Waals surface area contributed by atoms with E-state index in [4.69, 9.17) is 9.47 Å². The molecule has 0 spiro atoms. The Labute approximate surface area is 134 Å². The van der Waals surface area contributed by atoms with Crippen LogP contribution in [0, 0.1) is 0 Å². The SMILES string of the molecule is CCC(COc1ccsc1C(=O)OC)NC(=O)OC(C)(C)C. The van der Waals surface area contributed by atoms with E-state index in [1.807, 2.05) is 6.92 Å². The predicted molar refractivity (Wildman–Crippen MR) is 84.6 cm³/mol. The monoisotopic (exact) mass is 329 g/mol. The number of amides is 1. The first-order valence-corrected chi connectivity index (χ1v) is 7.93. The van der Waals surface area contributed by atoms with Crippen molar-refractivity contribution in [3.05, 3.63) is 16.3 Å². The van der Waals surface area contributed by atoms with Gasteiger partial charge in [0, 0.05) is 0 Å².